The summed E-state index contributed by atoms with van der Waals surface area (Å²) in [4.78, 5) is 19.7. The number of benzene rings is 4. The molecule has 6 rings (SSSR count). The van der Waals surface area contributed by atoms with Crippen molar-refractivity contribution >= 4 is 40.0 Å². The molecule has 2 heterocycles. The van der Waals surface area contributed by atoms with E-state index in [0.29, 0.717) is 35.8 Å². The molecule has 1 atom stereocenters. The summed E-state index contributed by atoms with van der Waals surface area (Å²) < 4.78 is 8.03. The van der Waals surface area contributed by atoms with Gasteiger partial charge in [0.1, 0.15) is 0 Å². The number of carbonyl (C=O) groups excluding carboxylic acids is 1. The van der Waals surface area contributed by atoms with E-state index in [-0.39, 0.29) is 24.4 Å². The molecule has 0 bridgehead atoms. The molecule has 2 aliphatic heterocycles. The number of amides is 1. The Balaban J connectivity index is 0.000000236. The van der Waals surface area contributed by atoms with Crippen LogP contribution < -0.4 is 19.4 Å². The van der Waals surface area contributed by atoms with E-state index in [9.17, 15) is 4.79 Å². The van der Waals surface area contributed by atoms with E-state index in [2.05, 4.69) is 133 Å². The van der Waals surface area contributed by atoms with Crippen molar-refractivity contribution in [3.05, 3.63) is 125 Å². The smallest absolute Gasteiger partial charge is 0.147 e. The van der Waals surface area contributed by atoms with Gasteiger partial charge in [0.05, 0.1) is 0 Å². The second kappa shape index (κ2) is 18.5. The van der Waals surface area contributed by atoms with E-state index < -0.39 is 0 Å². The summed E-state index contributed by atoms with van der Waals surface area (Å²) in [6.07, 6.45) is 0.887. The van der Waals surface area contributed by atoms with Crippen molar-refractivity contribution < 1.29 is 27.4 Å². The van der Waals surface area contributed by atoms with Crippen molar-refractivity contribution in [2.24, 2.45) is 0 Å². The van der Waals surface area contributed by atoms with Crippen molar-refractivity contribution in [1.29, 1.82) is 0 Å². The molecular formula is C45H57ClN3O2Ru. The zero-order valence-electron chi connectivity index (χ0n) is 32.4. The van der Waals surface area contributed by atoms with Crippen molar-refractivity contribution in [3.63, 3.8) is 0 Å². The maximum absolute atomic E-state index is 12.9. The number of rotatable bonds is 9. The average molecular weight is 808 g/mol. The molecule has 0 aliphatic carbocycles. The molecule has 0 aromatic heterocycles. The molecule has 52 heavy (non-hydrogen) atoms. The van der Waals surface area contributed by atoms with Crippen LogP contribution in [0.2, 0.25) is 0 Å². The van der Waals surface area contributed by atoms with Gasteiger partial charge >= 0.3 is 140 Å². The van der Waals surface area contributed by atoms with Crippen LogP contribution in [-0.2, 0) is 17.9 Å². The van der Waals surface area contributed by atoms with Crippen LogP contribution in [0.5, 0.6) is 5.75 Å². The van der Waals surface area contributed by atoms with Crippen molar-refractivity contribution in [3.8, 4) is 5.75 Å². The first-order chi connectivity index (χ1) is 24.5. The zero-order chi connectivity index (χ0) is 36.8. The van der Waals surface area contributed by atoms with Gasteiger partial charge in [0.25, 0.3) is 0 Å². The second-order valence-electron chi connectivity index (χ2n) is 14.9. The van der Waals surface area contributed by atoms with Gasteiger partial charge in [-0.05, 0) is 45.9 Å². The molecule has 1 amide bonds. The summed E-state index contributed by atoms with van der Waals surface area (Å²) in [5, 5.41) is 0. The summed E-state index contributed by atoms with van der Waals surface area (Å²) >= 11 is 2.50. The number of fused-ring (bicyclic) bond motifs is 1. The third kappa shape index (κ3) is 9.00. The topological polar surface area (TPSA) is 36.0 Å². The van der Waals surface area contributed by atoms with Gasteiger partial charge in [0, 0.05) is 24.5 Å². The molecule has 0 radical (unpaired) electrons. The monoisotopic (exact) mass is 808 g/mol. The van der Waals surface area contributed by atoms with Crippen LogP contribution in [0, 0.1) is 6.67 Å². The largest absolute Gasteiger partial charge is 0.147 e. The van der Waals surface area contributed by atoms with Crippen LogP contribution in [0.4, 0.5) is 17.1 Å². The molecule has 0 spiro atoms. The van der Waals surface area contributed by atoms with Gasteiger partial charge in [0.2, 0.25) is 0 Å². The maximum atomic E-state index is 12.9. The van der Waals surface area contributed by atoms with E-state index >= 15 is 0 Å². The Morgan fingerprint density at radius 2 is 1.19 bits per heavy atom. The van der Waals surface area contributed by atoms with Crippen LogP contribution in [-0.4, -0.2) is 36.3 Å². The van der Waals surface area contributed by atoms with E-state index in [1.54, 1.807) is 0 Å². The maximum Gasteiger partial charge on any atom is -0.147 e. The normalized spacial score (nSPS) is 15.3. The predicted octanol–water partition coefficient (Wildman–Crippen LogP) is 11.2. The SMILES string of the molecule is CC(C)c1cccc(C(C)C)c1N1[CH-]N(c2c(C(C)C)cccc2C(C)C)CC1.CCC1CN(C(=O)c2ccccc2)c2cccc([CH]=[Ru+])c2O1.Cl. The van der Waals surface area contributed by atoms with Crippen molar-refractivity contribution in [2.75, 3.05) is 34.3 Å². The Labute approximate surface area is 329 Å². The van der Waals surface area contributed by atoms with Gasteiger partial charge in [-0.25, -0.2) is 0 Å². The van der Waals surface area contributed by atoms with Gasteiger partial charge in [-0.3, -0.25) is 0 Å². The Bertz CT molecular complexity index is 1680. The van der Waals surface area contributed by atoms with Gasteiger partial charge in [-0.15, -0.1) is 12.4 Å². The van der Waals surface area contributed by atoms with Crippen molar-refractivity contribution in [1.82, 2.24) is 0 Å². The minimum atomic E-state index is 0. The van der Waals surface area contributed by atoms with Crippen molar-refractivity contribution in [2.45, 2.75) is 98.5 Å². The number of carbonyl (C=O) groups is 1. The predicted molar refractivity (Wildman–Crippen MR) is 220 cm³/mol. The van der Waals surface area contributed by atoms with E-state index in [0.717, 1.165) is 36.5 Å². The average Bonchev–Trinajstić information content (AvgIpc) is 3.63. The van der Waals surface area contributed by atoms with Crippen LogP contribution in [0.25, 0.3) is 0 Å². The Morgan fingerprint density at radius 3 is 1.62 bits per heavy atom. The number of hydrogen-bond acceptors (Lipinski definition) is 4. The molecule has 279 valence electrons. The third-order valence-electron chi connectivity index (χ3n) is 9.94. The first kappa shape index (κ1) is 41.3. The molecule has 1 saturated heterocycles. The Hall–Kier alpha value is -3.47. The number of hydrogen-bond donors (Lipinski definition) is 0. The Morgan fingerprint density at radius 1 is 0.731 bits per heavy atom. The van der Waals surface area contributed by atoms with E-state index in [1.807, 2.05) is 58.0 Å². The van der Waals surface area contributed by atoms with Crippen LogP contribution in [0.3, 0.4) is 0 Å². The molecule has 1 fully saturated rings. The Kier molecular flexibility index (Phi) is 14.7. The molecule has 0 N–H and O–H groups in total. The summed E-state index contributed by atoms with van der Waals surface area (Å²) in [7, 11) is 0. The third-order valence-corrected chi connectivity index (χ3v) is 10.5. The molecule has 1 unspecified atom stereocenters. The summed E-state index contributed by atoms with van der Waals surface area (Å²) in [6.45, 7) is 25.6. The molecule has 2 aliphatic rings. The fraction of sp³-hybridized carbons (Fsp3) is 0.400. The minimum Gasteiger partial charge on any atom is -0.147 e. The van der Waals surface area contributed by atoms with E-state index in [4.69, 9.17) is 4.74 Å². The first-order valence-corrected chi connectivity index (χ1v) is 19.7. The first-order valence-electron chi connectivity index (χ1n) is 18.7. The quantitative estimate of drug-likeness (QED) is 0.125. The van der Waals surface area contributed by atoms with Gasteiger partial charge in [-0.2, -0.15) is 6.67 Å². The molecule has 4 aromatic carbocycles. The summed E-state index contributed by atoms with van der Waals surface area (Å²) in [5.74, 6) is 2.87. The minimum absolute atomic E-state index is 0. The van der Waals surface area contributed by atoms with Crippen LogP contribution in [0.15, 0.2) is 84.9 Å². The van der Waals surface area contributed by atoms with Gasteiger partial charge < -0.3 is 9.80 Å². The molecule has 5 nitrogen and oxygen atoms in total. The number of ether oxygens (including phenoxy) is 1. The van der Waals surface area contributed by atoms with Gasteiger partial charge in [-0.1, -0.05) is 91.8 Å². The molecule has 0 saturated carbocycles. The van der Waals surface area contributed by atoms with Crippen LogP contribution >= 0.6 is 12.4 Å². The number of para-hydroxylation sites is 3. The second-order valence-corrected chi connectivity index (χ2v) is 15.4. The molecular weight excluding hydrogens is 751 g/mol. The van der Waals surface area contributed by atoms with E-state index in [1.165, 1.54) is 33.6 Å². The molecule has 4 aromatic rings. The number of nitrogens with zero attached hydrogens (tertiary/aromatic N) is 3. The fourth-order valence-corrected chi connectivity index (χ4v) is 7.53. The summed E-state index contributed by atoms with van der Waals surface area (Å²) in [5.41, 5.74) is 11.2. The fourth-order valence-electron chi connectivity index (χ4n) is 7.14. The number of halogens is 1. The zero-order valence-corrected chi connectivity index (χ0v) is 34.9. The standard InChI is InChI=1S/C27H39N2.C18H17NO2.ClH.Ru/c1-18(2)22-11-9-12-23(19(3)4)26(22)28-15-16-29(17-28)27-24(20(5)6)13-10-14-25(27)21(7)8;1-3-15-12-19(18(20)14-9-5-4-6-10-14)16-11-7-8-13(2)17(16)21-15;;/h9-14,17-21H,15-16H2,1-8H3;2,4-11,15H,3,12H2,1H3;1H;/q-1;;;+1. The summed E-state index contributed by atoms with van der Waals surface area (Å²) in [6, 6.07) is 29.0. The number of anilines is 3. The van der Waals surface area contributed by atoms with Crippen LogP contribution in [0.1, 0.15) is 131 Å². The molecule has 7 heteroatoms. The van der Waals surface area contributed by atoms with Gasteiger partial charge in [0.15, 0.2) is 0 Å².